The van der Waals surface area contributed by atoms with Crippen LogP contribution in [0.3, 0.4) is 0 Å². The summed E-state index contributed by atoms with van der Waals surface area (Å²) in [5.74, 6) is -2.02. The molecule has 0 aromatic rings. The summed E-state index contributed by atoms with van der Waals surface area (Å²) in [4.78, 5) is 37.3. The second kappa shape index (κ2) is 7.61. The number of carbonyl (C=O) groups is 3. The number of aliphatic carboxylic acids is 1. The molecule has 1 aliphatic heterocycles. The summed E-state index contributed by atoms with van der Waals surface area (Å²) in [6, 6.07) is 0. The highest BCUT2D eigenvalue weighted by atomic mass is 16.4. The monoisotopic (exact) mass is 310 g/mol. The van der Waals surface area contributed by atoms with Gasteiger partial charge in [0.1, 0.15) is 0 Å². The molecule has 0 aromatic heterocycles. The first-order valence-corrected chi connectivity index (χ1v) is 8.34. The minimum Gasteiger partial charge on any atom is -0.481 e. The molecule has 0 spiro atoms. The molecular weight excluding hydrogens is 284 g/mol. The van der Waals surface area contributed by atoms with E-state index in [4.69, 9.17) is 5.11 Å². The lowest BCUT2D eigenvalue weighted by Crippen LogP contribution is -2.51. The molecule has 3 atom stereocenters. The molecule has 124 valence electrons. The fraction of sp³-hybridized carbons (Fsp3) is 0.812. The highest BCUT2D eigenvalue weighted by molar-refractivity contribution is 5.87. The number of amides is 2. The van der Waals surface area contributed by atoms with Gasteiger partial charge in [0.15, 0.2) is 0 Å². The predicted octanol–water partition coefficient (Wildman–Crippen LogP) is 1.25. The van der Waals surface area contributed by atoms with Gasteiger partial charge in [-0.25, -0.2) is 0 Å². The van der Waals surface area contributed by atoms with E-state index in [1.165, 1.54) is 0 Å². The zero-order valence-corrected chi connectivity index (χ0v) is 13.2. The lowest BCUT2D eigenvalue weighted by atomic mass is 9.72. The summed E-state index contributed by atoms with van der Waals surface area (Å²) >= 11 is 0. The fourth-order valence-electron chi connectivity index (χ4n) is 3.25. The molecule has 2 fully saturated rings. The van der Waals surface area contributed by atoms with Gasteiger partial charge in [0.05, 0.1) is 17.8 Å². The number of carboxylic acids is 1. The molecule has 2 aliphatic rings. The highest BCUT2D eigenvalue weighted by Crippen LogP contribution is 2.36. The molecule has 0 radical (unpaired) electrons. The molecule has 3 unspecified atom stereocenters. The zero-order valence-electron chi connectivity index (χ0n) is 13.2. The van der Waals surface area contributed by atoms with Crippen molar-refractivity contribution in [3.05, 3.63) is 0 Å². The molecule has 1 saturated heterocycles. The molecule has 6 nitrogen and oxygen atoms in total. The van der Waals surface area contributed by atoms with Crippen LogP contribution in [0.1, 0.15) is 45.4 Å². The van der Waals surface area contributed by atoms with Gasteiger partial charge in [0, 0.05) is 19.6 Å². The molecule has 22 heavy (non-hydrogen) atoms. The minimum atomic E-state index is -0.879. The Labute approximate surface area is 131 Å². The van der Waals surface area contributed by atoms with Crippen LogP contribution in [-0.2, 0) is 14.4 Å². The standard InChI is InChI=1S/C16H26N2O4/c1-2-3-8-17-14(19)11-5-4-9-18(10-11)15(20)12-6-7-13(12)16(21)22/h11-13H,2-10H2,1H3,(H,17,19)(H,21,22). The van der Waals surface area contributed by atoms with Gasteiger partial charge >= 0.3 is 5.97 Å². The molecule has 0 aromatic carbocycles. The van der Waals surface area contributed by atoms with E-state index in [1.54, 1.807) is 4.90 Å². The first-order chi connectivity index (χ1) is 10.5. The number of nitrogens with one attached hydrogen (secondary N) is 1. The summed E-state index contributed by atoms with van der Waals surface area (Å²) in [5, 5.41) is 12.0. The number of hydrogen-bond donors (Lipinski definition) is 2. The van der Waals surface area contributed by atoms with Crippen molar-refractivity contribution in [2.24, 2.45) is 17.8 Å². The molecule has 0 bridgehead atoms. The highest BCUT2D eigenvalue weighted by Gasteiger charge is 2.44. The van der Waals surface area contributed by atoms with Crippen LogP contribution < -0.4 is 5.32 Å². The van der Waals surface area contributed by atoms with Crippen LogP contribution in [0, 0.1) is 17.8 Å². The average Bonchev–Trinajstić information content (AvgIpc) is 2.45. The van der Waals surface area contributed by atoms with E-state index in [0.29, 0.717) is 32.5 Å². The number of unbranched alkanes of at least 4 members (excludes halogenated alkanes) is 1. The normalized spacial score (nSPS) is 27.9. The lowest BCUT2D eigenvalue weighted by Gasteiger charge is -2.39. The van der Waals surface area contributed by atoms with E-state index in [0.717, 1.165) is 25.7 Å². The largest absolute Gasteiger partial charge is 0.481 e. The van der Waals surface area contributed by atoms with E-state index in [-0.39, 0.29) is 23.7 Å². The molecule has 1 aliphatic carbocycles. The Morgan fingerprint density at radius 3 is 2.50 bits per heavy atom. The van der Waals surface area contributed by atoms with E-state index < -0.39 is 11.9 Å². The van der Waals surface area contributed by atoms with Gasteiger partial charge in [-0.15, -0.1) is 0 Å². The number of carbonyl (C=O) groups excluding carboxylic acids is 2. The van der Waals surface area contributed by atoms with Gasteiger partial charge in [-0.3, -0.25) is 14.4 Å². The molecule has 2 N–H and O–H groups in total. The number of carboxylic acid groups (broad SMARTS) is 1. The third-order valence-corrected chi connectivity index (χ3v) is 4.84. The van der Waals surface area contributed by atoms with E-state index >= 15 is 0 Å². The van der Waals surface area contributed by atoms with Crippen molar-refractivity contribution >= 4 is 17.8 Å². The lowest BCUT2D eigenvalue weighted by molar-refractivity contribution is -0.157. The van der Waals surface area contributed by atoms with Gasteiger partial charge in [0.2, 0.25) is 11.8 Å². The Kier molecular flexibility index (Phi) is 5.80. The van der Waals surface area contributed by atoms with Gasteiger partial charge in [0.25, 0.3) is 0 Å². The van der Waals surface area contributed by atoms with Crippen molar-refractivity contribution in [3.63, 3.8) is 0 Å². The van der Waals surface area contributed by atoms with Crippen LogP contribution in [0.5, 0.6) is 0 Å². The average molecular weight is 310 g/mol. The van der Waals surface area contributed by atoms with Crippen LogP contribution in [0.15, 0.2) is 0 Å². The first kappa shape index (κ1) is 16.8. The van der Waals surface area contributed by atoms with Crippen LogP contribution in [0.4, 0.5) is 0 Å². The minimum absolute atomic E-state index is 0.0225. The number of hydrogen-bond acceptors (Lipinski definition) is 3. The van der Waals surface area contributed by atoms with Gasteiger partial charge < -0.3 is 15.3 Å². The molecule has 2 rings (SSSR count). The Hall–Kier alpha value is -1.59. The third-order valence-electron chi connectivity index (χ3n) is 4.84. The molecular formula is C16H26N2O4. The molecule has 6 heteroatoms. The fourth-order valence-corrected chi connectivity index (χ4v) is 3.25. The van der Waals surface area contributed by atoms with E-state index in [1.807, 2.05) is 0 Å². The first-order valence-electron chi connectivity index (χ1n) is 8.34. The van der Waals surface area contributed by atoms with Crippen molar-refractivity contribution in [1.29, 1.82) is 0 Å². The number of rotatable bonds is 6. The number of likely N-dealkylation sites (tertiary alicyclic amines) is 1. The van der Waals surface area contributed by atoms with Crippen LogP contribution >= 0.6 is 0 Å². The van der Waals surface area contributed by atoms with Crippen LogP contribution in [0.2, 0.25) is 0 Å². The SMILES string of the molecule is CCCCNC(=O)C1CCCN(C(=O)C2CCC2C(=O)O)C1. The van der Waals surface area contributed by atoms with Crippen molar-refractivity contribution in [2.75, 3.05) is 19.6 Å². The molecule has 2 amide bonds. The maximum atomic E-state index is 12.5. The predicted molar refractivity (Wildman–Crippen MR) is 81.1 cm³/mol. The van der Waals surface area contributed by atoms with Crippen molar-refractivity contribution in [2.45, 2.75) is 45.4 Å². The summed E-state index contributed by atoms with van der Waals surface area (Å²) in [6.07, 6.45) is 4.84. The quantitative estimate of drug-likeness (QED) is 0.723. The summed E-state index contributed by atoms with van der Waals surface area (Å²) < 4.78 is 0. The Bertz CT molecular complexity index is 438. The Balaban J connectivity index is 1.86. The second-order valence-electron chi connectivity index (χ2n) is 6.40. The summed E-state index contributed by atoms with van der Waals surface area (Å²) in [5.41, 5.74) is 0. The van der Waals surface area contributed by atoms with E-state index in [9.17, 15) is 14.4 Å². The molecule has 1 heterocycles. The Morgan fingerprint density at radius 1 is 1.18 bits per heavy atom. The van der Waals surface area contributed by atoms with Gasteiger partial charge in [-0.2, -0.15) is 0 Å². The summed E-state index contributed by atoms with van der Waals surface area (Å²) in [7, 11) is 0. The van der Waals surface area contributed by atoms with Crippen molar-refractivity contribution in [3.8, 4) is 0 Å². The Morgan fingerprint density at radius 2 is 1.91 bits per heavy atom. The van der Waals surface area contributed by atoms with E-state index in [2.05, 4.69) is 12.2 Å². The van der Waals surface area contributed by atoms with Crippen LogP contribution in [0.25, 0.3) is 0 Å². The van der Waals surface area contributed by atoms with Crippen LogP contribution in [-0.4, -0.2) is 47.4 Å². The maximum Gasteiger partial charge on any atom is 0.307 e. The smallest absolute Gasteiger partial charge is 0.307 e. The second-order valence-corrected chi connectivity index (χ2v) is 6.40. The van der Waals surface area contributed by atoms with Crippen molar-refractivity contribution in [1.82, 2.24) is 10.2 Å². The number of nitrogens with zero attached hydrogens (tertiary/aromatic N) is 1. The summed E-state index contributed by atoms with van der Waals surface area (Å²) in [6.45, 7) is 3.83. The van der Waals surface area contributed by atoms with Crippen molar-refractivity contribution < 1.29 is 19.5 Å². The van der Waals surface area contributed by atoms with Gasteiger partial charge in [-0.05, 0) is 32.1 Å². The topological polar surface area (TPSA) is 86.7 Å². The molecule has 1 saturated carbocycles. The maximum absolute atomic E-state index is 12.5. The number of piperidine rings is 1. The van der Waals surface area contributed by atoms with Gasteiger partial charge in [-0.1, -0.05) is 13.3 Å². The zero-order chi connectivity index (χ0) is 16.1. The third kappa shape index (κ3) is 3.78.